The van der Waals surface area contributed by atoms with Crippen LogP contribution in [0.1, 0.15) is 42.5 Å². The summed E-state index contributed by atoms with van der Waals surface area (Å²) in [7, 11) is 1.71. The Morgan fingerprint density at radius 3 is 2.59 bits per heavy atom. The largest absolute Gasteiger partial charge is 0.358 e. The van der Waals surface area contributed by atoms with Crippen LogP contribution >= 0.6 is 35.4 Å². The smallest absolute Gasteiger partial charge is 0.271 e. The number of halogens is 2. The molecule has 1 aliphatic carbocycles. The molecule has 0 saturated heterocycles. The molecule has 7 heteroatoms. The number of rotatable bonds is 2. The molecule has 2 N–H and O–H groups in total. The number of hydrogen-bond acceptors (Lipinski definition) is 2. The molecule has 0 spiro atoms. The van der Waals surface area contributed by atoms with Gasteiger partial charge in [0.25, 0.3) is 5.91 Å². The topological polar surface area (TPSA) is 44.4 Å². The zero-order valence-corrected chi connectivity index (χ0v) is 14.7. The number of carbonyl (C=O) groups is 1. The van der Waals surface area contributed by atoms with Crippen LogP contribution < -0.4 is 10.7 Å². The van der Waals surface area contributed by atoms with E-state index in [0.717, 1.165) is 12.8 Å². The Balaban J connectivity index is 1.91. The van der Waals surface area contributed by atoms with Crippen LogP contribution in [0.2, 0.25) is 10.0 Å². The predicted molar refractivity (Wildman–Crippen MR) is 94.3 cm³/mol. The van der Waals surface area contributed by atoms with Gasteiger partial charge in [0, 0.05) is 18.1 Å². The van der Waals surface area contributed by atoms with E-state index < -0.39 is 0 Å². The number of carbonyl (C=O) groups excluding carboxylic acids is 1. The number of hydrogen-bond donors (Lipinski definition) is 2. The third-order valence-corrected chi connectivity index (χ3v) is 4.62. The lowest BCUT2D eigenvalue weighted by Gasteiger charge is -2.28. The van der Waals surface area contributed by atoms with Crippen LogP contribution in [0.5, 0.6) is 0 Å². The first-order valence-corrected chi connectivity index (χ1v) is 8.44. The molecule has 1 aromatic carbocycles. The van der Waals surface area contributed by atoms with Gasteiger partial charge in [0.15, 0.2) is 5.11 Å². The van der Waals surface area contributed by atoms with E-state index in [4.69, 9.17) is 35.4 Å². The lowest BCUT2D eigenvalue weighted by Crippen LogP contribution is -2.51. The summed E-state index contributed by atoms with van der Waals surface area (Å²) in [6.45, 7) is 0. The van der Waals surface area contributed by atoms with Gasteiger partial charge < -0.3 is 5.32 Å². The van der Waals surface area contributed by atoms with E-state index >= 15 is 0 Å². The van der Waals surface area contributed by atoms with Gasteiger partial charge in [-0.2, -0.15) is 0 Å². The fourth-order valence-corrected chi connectivity index (χ4v) is 3.16. The second-order valence-electron chi connectivity index (χ2n) is 5.41. The molecule has 0 aromatic heterocycles. The summed E-state index contributed by atoms with van der Waals surface area (Å²) in [5.41, 5.74) is 3.07. The van der Waals surface area contributed by atoms with Crippen molar-refractivity contribution in [2.24, 2.45) is 0 Å². The van der Waals surface area contributed by atoms with E-state index in [-0.39, 0.29) is 5.91 Å². The Labute approximate surface area is 146 Å². The molecule has 1 fully saturated rings. The van der Waals surface area contributed by atoms with Gasteiger partial charge >= 0.3 is 0 Å². The summed E-state index contributed by atoms with van der Waals surface area (Å²) in [6, 6.07) is 5.14. The molecule has 1 saturated carbocycles. The van der Waals surface area contributed by atoms with Gasteiger partial charge in [0.05, 0.1) is 10.6 Å². The Morgan fingerprint density at radius 1 is 1.27 bits per heavy atom. The monoisotopic (exact) mass is 359 g/mol. The minimum atomic E-state index is -0.322. The number of benzene rings is 1. The Bertz CT molecular complexity index is 562. The molecule has 4 nitrogen and oxygen atoms in total. The number of hydrazine groups is 1. The van der Waals surface area contributed by atoms with Gasteiger partial charge in [-0.15, -0.1) is 0 Å². The van der Waals surface area contributed by atoms with Gasteiger partial charge in [-0.3, -0.25) is 15.2 Å². The van der Waals surface area contributed by atoms with Crippen LogP contribution in [0.3, 0.4) is 0 Å². The van der Waals surface area contributed by atoms with Crippen molar-refractivity contribution >= 4 is 46.4 Å². The van der Waals surface area contributed by atoms with E-state index in [1.165, 1.54) is 30.3 Å². The summed E-state index contributed by atoms with van der Waals surface area (Å²) < 4.78 is 0. The molecule has 1 aromatic rings. The highest BCUT2D eigenvalue weighted by atomic mass is 35.5. The minimum Gasteiger partial charge on any atom is -0.358 e. The molecule has 0 unspecified atom stereocenters. The van der Waals surface area contributed by atoms with Crippen LogP contribution in [0.15, 0.2) is 18.2 Å². The molecular formula is C15H19Cl2N3OS. The number of thiocarbonyl (C=S) groups is 1. The van der Waals surface area contributed by atoms with Crippen molar-refractivity contribution in [3.63, 3.8) is 0 Å². The van der Waals surface area contributed by atoms with Crippen LogP contribution in [-0.2, 0) is 0 Å². The lowest BCUT2D eigenvalue weighted by atomic mass is 9.96. The standard InChI is InChI=1S/C15H19Cl2N3OS/c1-20(15(22)18-11-5-3-2-4-6-11)19-14(21)12-8-7-10(16)9-13(12)17/h7-9,11H,2-6H2,1H3,(H,18,22)(H,19,21). The van der Waals surface area contributed by atoms with E-state index in [2.05, 4.69) is 10.7 Å². The molecule has 0 aliphatic heterocycles. The zero-order valence-electron chi connectivity index (χ0n) is 12.4. The van der Waals surface area contributed by atoms with Crippen molar-refractivity contribution in [2.75, 3.05) is 7.05 Å². The quantitative estimate of drug-likeness (QED) is 0.622. The average molecular weight is 360 g/mol. The summed E-state index contributed by atoms with van der Waals surface area (Å²) in [5, 5.41) is 6.10. The first-order chi connectivity index (χ1) is 10.5. The summed E-state index contributed by atoms with van der Waals surface area (Å²) in [4.78, 5) is 12.2. The van der Waals surface area contributed by atoms with Crippen molar-refractivity contribution in [1.82, 2.24) is 15.8 Å². The minimum absolute atomic E-state index is 0.310. The van der Waals surface area contributed by atoms with Gasteiger partial charge in [-0.05, 0) is 43.3 Å². The predicted octanol–water partition coefficient (Wildman–Crippen LogP) is 3.78. The Kier molecular flexibility index (Phi) is 6.29. The Morgan fingerprint density at radius 2 is 1.95 bits per heavy atom. The molecule has 120 valence electrons. The molecule has 0 radical (unpaired) electrons. The van der Waals surface area contributed by atoms with Crippen molar-refractivity contribution in [1.29, 1.82) is 0 Å². The van der Waals surface area contributed by atoms with E-state index in [1.54, 1.807) is 19.2 Å². The Hall–Kier alpha value is -1.04. The SMILES string of the molecule is CN(NC(=O)c1ccc(Cl)cc1Cl)C(=S)NC1CCCCC1. The molecule has 0 atom stereocenters. The third kappa shape index (κ3) is 4.73. The fraction of sp³-hybridized carbons (Fsp3) is 0.467. The number of nitrogens with one attached hydrogen (secondary N) is 2. The molecule has 2 rings (SSSR count). The second kappa shape index (κ2) is 7.99. The van der Waals surface area contributed by atoms with Crippen molar-refractivity contribution in [3.05, 3.63) is 33.8 Å². The van der Waals surface area contributed by atoms with Gasteiger partial charge in [-0.25, -0.2) is 0 Å². The molecule has 1 amide bonds. The van der Waals surface area contributed by atoms with Crippen molar-refractivity contribution in [3.8, 4) is 0 Å². The molecule has 0 heterocycles. The van der Waals surface area contributed by atoms with Crippen molar-refractivity contribution in [2.45, 2.75) is 38.1 Å². The fourth-order valence-electron chi connectivity index (χ4n) is 2.46. The summed E-state index contributed by atoms with van der Waals surface area (Å²) >= 11 is 17.2. The second-order valence-corrected chi connectivity index (χ2v) is 6.64. The lowest BCUT2D eigenvalue weighted by molar-refractivity contribution is 0.0885. The zero-order chi connectivity index (χ0) is 16.1. The van der Waals surface area contributed by atoms with Crippen LogP contribution in [0, 0.1) is 0 Å². The molecular weight excluding hydrogens is 341 g/mol. The van der Waals surface area contributed by atoms with Crippen LogP contribution in [0.25, 0.3) is 0 Å². The van der Waals surface area contributed by atoms with Gasteiger partial charge in [0.1, 0.15) is 0 Å². The highest BCUT2D eigenvalue weighted by molar-refractivity contribution is 7.80. The molecule has 22 heavy (non-hydrogen) atoms. The maximum atomic E-state index is 12.2. The first-order valence-electron chi connectivity index (χ1n) is 7.27. The van der Waals surface area contributed by atoms with E-state index in [0.29, 0.717) is 26.8 Å². The molecule has 0 bridgehead atoms. The number of nitrogens with zero attached hydrogens (tertiary/aromatic N) is 1. The van der Waals surface area contributed by atoms with Gasteiger partial charge in [-0.1, -0.05) is 42.5 Å². The molecule has 1 aliphatic rings. The average Bonchev–Trinajstić information content (AvgIpc) is 2.47. The third-order valence-electron chi connectivity index (χ3n) is 3.68. The maximum absolute atomic E-state index is 12.2. The van der Waals surface area contributed by atoms with Gasteiger partial charge in [0.2, 0.25) is 0 Å². The van der Waals surface area contributed by atoms with Crippen molar-refractivity contribution < 1.29 is 4.79 Å². The summed E-state index contributed by atoms with van der Waals surface area (Å²) in [6.07, 6.45) is 5.95. The number of amides is 1. The normalized spacial score (nSPS) is 15.2. The maximum Gasteiger partial charge on any atom is 0.271 e. The summed E-state index contributed by atoms with van der Waals surface area (Å²) in [5.74, 6) is -0.322. The first kappa shape index (κ1) is 17.3. The van der Waals surface area contributed by atoms with Crippen LogP contribution in [0.4, 0.5) is 0 Å². The van der Waals surface area contributed by atoms with E-state index in [9.17, 15) is 4.79 Å². The highest BCUT2D eigenvalue weighted by Crippen LogP contribution is 2.21. The highest BCUT2D eigenvalue weighted by Gasteiger charge is 2.18. The van der Waals surface area contributed by atoms with E-state index in [1.807, 2.05) is 0 Å². The van der Waals surface area contributed by atoms with Crippen LogP contribution in [-0.4, -0.2) is 29.1 Å².